The van der Waals surface area contributed by atoms with Crippen molar-refractivity contribution in [2.24, 2.45) is 0 Å². The summed E-state index contributed by atoms with van der Waals surface area (Å²) in [5, 5.41) is 9.30. The monoisotopic (exact) mass is 280 g/mol. The molecule has 0 saturated carbocycles. The summed E-state index contributed by atoms with van der Waals surface area (Å²) in [7, 11) is 0. The SMILES string of the molecule is N#Cc1cccc(OC(F)F)c1-c1ncc(C=O)s1. The van der Waals surface area contributed by atoms with Crippen LogP contribution in [-0.4, -0.2) is 17.9 Å². The molecule has 0 spiro atoms. The van der Waals surface area contributed by atoms with Gasteiger partial charge in [-0.05, 0) is 12.1 Å². The van der Waals surface area contributed by atoms with Crippen LogP contribution in [-0.2, 0) is 0 Å². The molecular formula is C12H6F2N2O2S. The average Bonchev–Trinajstić information content (AvgIpc) is 2.86. The maximum absolute atomic E-state index is 12.3. The van der Waals surface area contributed by atoms with E-state index in [0.717, 1.165) is 11.3 Å². The number of ether oxygens (including phenoxy) is 1. The molecule has 0 bridgehead atoms. The second kappa shape index (κ2) is 5.54. The smallest absolute Gasteiger partial charge is 0.387 e. The van der Waals surface area contributed by atoms with Gasteiger partial charge in [-0.15, -0.1) is 11.3 Å². The molecule has 0 amide bonds. The number of aromatic nitrogens is 1. The van der Waals surface area contributed by atoms with Crippen molar-refractivity contribution < 1.29 is 18.3 Å². The van der Waals surface area contributed by atoms with Crippen LogP contribution in [0.2, 0.25) is 0 Å². The largest absolute Gasteiger partial charge is 0.434 e. The van der Waals surface area contributed by atoms with Crippen molar-refractivity contribution in [3.63, 3.8) is 0 Å². The molecule has 2 rings (SSSR count). The van der Waals surface area contributed by atoms with Crippen LogP contribution in [0.25, 0.3) is 10.6 Å². The summed E-state index contributed by atoms with van der Waals surface area (Å²) in [6.07, 6.45) is 1.91. The molecule has 1 heterocycles. The van der Waals surface area contributed by atoms with Crippen molar-refractivity contribution in [1.82, 2.24) is 4.98 Å². The van der Waals surface area contributed by atoms with Gasteiger partial charge in [0, 0.05) is 6.20 Å². The molecule has 1 aromatic heterocycles. The van der Waals surface area contributed by atoms with Crippen molar-refractivity contribution in [2.75, 3.05) is 0 Å². The van der Waals surface area contributed by atoms with E-state index in [9.17, 15) is 13.6 Å². The third-order valence-corrected chi connectivity index (χ3v) is 3.16. The summed E-state index contributed by atoms with van der Waals surface area (Å²) in [4.78, 5) is 14.9. The number of carbonyl (C=O) groups excluding carboxylic acids is 1. The van der Waals surface area contributed by atoms with Crippen LogP contribution >= 0.6 is 11.3 Å². The third kappa shape index (κ3) is 2.74. The number of hydrogen-bond donors (Lipinski definition) is 0. The number of rotatable bonds is 4. The molecule has 0 aliphatic carbocycles. The van der Waals surface area contributed by atoms with Gasteiger partial charge in [0.15, 0.2) is 6.29 Å². The van der Waals surface area contributed by atoms with E-state index in [1.807, 2.05) is 6.07 Å². The molecule has 4 nitrogen and oxygen atoms in total. The number of nitrogens with zero attached hydrogens (tertiary/aromatic N) is 2. The highest BCUT2D eigenvalue weighted by molar-refractivity contribution is 7.16. The number of hydrogen-bond acceptors (Lipinski definition) is 5. The van der Waals surface area contributed by atoms with Gasteiger partial charge in [0.1, 0.15) is 16.8 Å². The highest BCUT2D eigenvalue weighted by atomic mass is 32.1. The Kier molecular flexibility index (Phi) is 3.82. The van der Waals surface area contributed by atoms with E-state index in [1.54, 1.807) is 0 Å². The molecule has 0 atom stereocenters. The van der Waals surface area contributed by atoms with E-state index in [4.69, 9.17) is 5.26 Å². The first-order chi connectivity index (χ1) is 9.15. The van der Waals surface area contributed by atoms with Gasteiger partial charge in [0.2, 0.25) is 0 Å². The Morgan fingerprint density at radius 2 is 2.26 bits per heavy atom. The minimum Gasteiger partial charge on any atom is -0.434 e. The van der Waals surface area contributed by atoms with E-state index in [2.05, 4.69) is 9.72 Å². The van der Waals surface area contributed by atoms with Gasteiger partial charge >= 0.3 is 6.61 Å². The van der Waals surface area contributed by atoms with Crippen molar-refractivity contribution >= 4 is 17.6 Å². The Morgan fingerprint density at radius 1 is 1.47 bits per heavy atom. The summed E-state index contributed by atoms with van der Waals surface area (Å²) >= 11 is 1.00. The number of alkyl halides is 2. The van der Waals surface area contributed by atoms with Gasteiger partial charge in [-0.25, -0.2) is 4.98 Å². The topological polar surface area (TPSA) is 63.0 Å². The molecule has 0 saturated heterocycles. The second-order valence-electron chi connectivity index (χ2n) is 3.35. The molecular weight excluding hydrogens is 274 g/mol. The molecule has 0 N–H and O–H groups in total. The summed E-state index contributed by atoms with van der Waals surface area (Å²) in [5.74, 6) is -0.138. The molecule has 0 aliphatic rings. The predicted octanol–water partition coefficient (Wildman–Crippen LogP) is 3.10. The van der Waals surface area contributed by atoms with E-state index in [-0.39, 0.29) is 21.9 Å². The summed E-state index contributed by atoms with van der Waals surface area (Å²) in [5.41, 5.74) is 0.327. The molecule has 96 valence electrons. The summed E-state index contributed by atoms with van der Waals surface area (Å²) < 4.78 is 29.1. The number of thiazole rings is 1. The second-order valence-corrected chi connectivity index (χ2v) is 4.42. The highest BCUT2D eigenvalue weighted by Crippen LogP contribution is 2.36. The van der Waals surface area contributed by atoms with Gasteiger partial charge in [-0.3, -0.25) is 4.79 Å². The van der Waals surface area contributed by atoms with Gasteiger partial charge in [-0.1, -0.05) is 6.07 Å². The zero-order chi connectivity index (χ0) is 13.8. The highest BCUT2D eigenvalue weighted by Gasteiger charge is 2.18. The Bertz CT molecular complexity index is 649. The molecule has 0 aliphatic heterocycles. The predicted molar refractivity (Wildman–Crippen MR) is 64.3 cm³/mol. The summed E-state index contributed by atoms with van der Waals surface area (Å²) in [6, 6.07) is 6.12. The van der Waals surface area contributed by atoms with E-state index in [1.165, 1.54) is 24.4 Å². The Balaban J connectivity index is 2.58. The quantitative estimate of drug-likeness (QED) is 0.807. The molecule has 19 heavy (non-hydrogen) atoms. The lowest BCUT2D eigenvalue weighted by Gasteiger charge is -2.09. The Hall–Kier alpha value is -2.33. The average molecular weight is 280 g/mol. The van der Waals surface area contributed by atoms with Crippen LogP contribution in [0.4, 0.5) is 8.78 Å². The zero-order valence-corrected chi connectivity index (χ0v) is 10.2. The van der Waals surface area contributed by atoms with Crippen molar-refractivity contribution in [1.29, 1.82) is 5.26 Å². The van der Waals surface area contributed by atoms with Crippen LogP contribution in [0.1, 0.15) is 15.2 Å². The fraction of sp³-hybridized carbons (Fsp3) is 0.0833. The van der Waals surface area contributed by atoms with Crippen LogP contribution in [0.3, 0.4) is 0 Å². The maximum Gasteiger partial charge on any atom is 0.387 e. The summed E-state index contributed by atoms with van der Waals surface area (Å²) in [6.45, 7) is -3.00. The van der Waals surface area contributed by atoms with Crippen LogP contribution in [0.5, 0.6) is 5.75 Å². The molecule has 1 aromatic carbocycles. The lowest BCUT2D eigenvalue weighted by Crippen LogP contribution is -2.03. The Morgan fingerprint density at radius 3 is 2.84 bits per heavy atom. The fourth-order valence-electron chi connectivity index (χ4n) is 1.50. The number of aldehydes is 1. The maximum atomic E-state index is 12.3. The molecule has 0 fully saturated rings. The lowest BCUT2D eigenvalue weighted by atomic mass is 10.1. The van der Waals surface area contributed by atoms with Crippen molar-refractivity contribution in [3.8, 4) is 22.4 Å². The third-order valence-electron chi connectivity index (χ3n) is 2.22. The molecule has 7 heteroatoms. The standard InChI is InChI=1S/C12H6F2N2O2S/c13-12(14)18-9-3-1-2-7(4-15)10(9)11-16-5-8(6-17)19-11/h1-3,5-6,12H. The van der Waals surface area contributed by atoms with Crippen LogP contribution in [0, 0.1) is 11.3 Å². The number of benzene rings is 1. The van der Waals surface area contributed by atoms with Crippen LogP contribution < -0.4 is 4.74 Å². The van der Waals surface area contributed by atoms with Gasteiger partial charge in [0.05, 0.1) is 16.0 Å². The van der Waals surface area contributed by atoms with Crippen molar-refractivity contribution in [2.45, 2.75) is 6.61 Å². The number of nitriles is 1. The zero-order valence-electron chi connectivity index (χ0n) is 9.34. The van der Waals surface area contributed by atoms with Gasteiger partial charge in [-0.2, -0.15) is 14.0 Å². The number of carbonyl (C=O) groups is 1. The van der Waals surface area contributed by atoms with Crippen molar-refractivity contribution in [3.05, 3.63) is 34.8 Å². The van der Waals surface area contributed by atoms with Crippen LogP contribution in [0.15, 0.2) is 24.4 Å². The minimum absolute atomic E-state index is 0.138. The van der Waals surface area contributed by atoms with E-state index in [0.29, 0.717) is 11.2 Å². The molecule has 0 unspecified atom stereocenters. The fourth-order valence-corrected chi connectivity index (χ4v) is 2.29. The lowest BCUT2D eigenvalue weighted by molar-refractivity contribution is -0.0494. The first kappa shape index (κ1) is 13.1. The van der Waals surface area contributed by atoms with Gasteiger partial charge in [0.25, 0.3) is 0 Å². The first-order valence-corrected chi connectivity index (χ1v) is 5.86. The minimum atomic E-state index is -3.00. The Labute approximate surface area is 110 Å². The van der Waals surface area contributed by atoms with Gasteiger partial charge < -0.3 is 4.74 Å². The normalized spacial score (nSPS) is 10.2. The molecule has 2 aromatic rings. The molecule has 0 radical (unpaired) electrons. The first-order valence-electron chi connectivity index (χ1n) is 5.05. The number of halogens is 2. The van der Waals surface area contributed by atoms with E-state index >= 15 is 0 Å². The van der Waals surface area contributed by atoms with E-state index < -0.39 is 6.61 Å².